The van der Waals surface area contributed by atoms with E-state index in [1.54, 1.807) is 0 Å². The van der Waals surface area contributed by atoms with Crippen molar-refractivity contribution in [2.24, 2.45) is 11.5 Å². The molecule has 0 saturated heterocycles. The highest BCUT2D eigenvalue weighted by molar-refractivity contribution is 7.80. The van der Waals surface area contributed by atoms with Crippen LogP contribution in [0.15, 0.2) is 30.3 Å². The Kier molecular flexibility index (Phi) is 4.37. The summed E-state index contributed by atoms with van der Waals surface area (Å²) in [5.41, 5.74) is 12.7. The molecule has 2 rings (SSSR count). The standard InChI is InChI=1S/C15H18N4OS/c1-9(2)19(8-13(16)20)14-7-11(15(17)21)10-5-3-4-6-12(10)18-14/h3-7,9H,8H2,1-2H3,(H2,16,20)(H2,17,21). The molecule has 0 bridgehead atoms. The van der Waals surface area contributed by atoms with E-state index in [1.165, 1.54) is 0 Å². The minimum absolute atomic E-state index is 0.0744. The van der Waals surface area contributed by atoms with Gasteiger partial charge in [-0.1, -0.05) is 30.4 Å². The van der Waals surface area contributed by atoms with Crippen molar-refractivity contribution in [3.63, 3.8) is 0 Å². The number of benzene rings is 1. The van der Waals surface area contributed by atoms with Crippen LogP contribution >= 0.6 is 12.2 Å². The van der Waals surface area contributed by atoms with Gasteiger partial charge in [-0.15, -0.1) is 0 Å². The lowest BCUT2D eigenvalue weighted by Crippen LogP contribution is -2.39. The van der Waals surface area contributed by atoms with Gasteiger partial charge in [0, 0.05) is 17.0 Å². The first-order chi connectivity index (χ1) is 9.90. The van der Waals surface area contributed by atoms with Crippen molar-refractivity contribution in [1.29, 1.82) is 0 Å². The molecule has 0 radical (unpaired) electrons. The molecule has 0 saturated carbocycles. The second-order valence-electron chi connectivity index (χ2n) is 5.10. The van der Waals surface area contributed by atoms with Crippen LogP contribution in [0.1, 0.15) is 19.4 Å². The molecule has 0 spiro atoms. The first kappa shape index (κ1) is 15.2. The highest BCUT2D eigenvalue weighted by Crippen LogP contribution is 2.24. The third-order valence-electron chi connectivity index (χ3n) is 3.21. The van der Waals surface area contributed by atoms with E-state index >= 15 is 0 Å². The Balaban J connectivity index is 2.63. The number of fused-ring (bicyclic) bond motifs is 1. The number of anilines is 1. The molecule has 0 unspecified atom stereocenters. The van der Waals surface area contributed by atoms with Gasteiger partial charge in [-0.3, -0.25) is 4.79 Å². The largest absolute Gasteiger partial charge is 0.389 e. The maximum absolute atomic E-state index is 11.3. The van der Waals surface area contributed by atoms with Crippen LogP contribution in [0.3, 0.4) is 0 Å². The fraction of sp³-hybridized carbons (Fsp3) is 0.267. The molecule has 0 atom stereocenters. The van der Waals surface area contributed by atoms with Crippen molar-refractivity contribution in [2.75, 3.05) is 11.4 Å². The molecule has 0 aliphatic heterocycles. The molecule has 6 heteroatoms. The summed E-state index contributed by atoms with van der Waals surface area (Å²) in [5, 5.41) is 0.900. The summed E-state index contributed by atoms with van der Waals surface area (Å²) in [4.78, 5) is 18.0. The fourth-order valence-electron chi connectivity index (χ4n) is 2.21. The van der Waals surface area contributed by atoms with Gasteiger partial charge in [-0.25, -0.2) is 4.98 Å². The van der Waals surface area contributed by atoms with Gasteiger partial charge in [-0.2, -0.15) is 0 Å². The summed E-state index contributed by atoms with van der Waals surface area (Å²) < 4.78 is 0. The number of pyridine rings is 1. The van der Waals surface area contributed by atoms with E-state index in [4.69, 9.17) is 23.7 Å². The Morgan fingerprint density at radius 3 is 2.57 bits per heavy atom. The number of aromatic nitrogens is 1. The SMILES string of the molecule is CC(C)N(CC(N)=O)c1cc(C(N)=S)c2ccccc2n1. The zero-order chi connectivity index (χ0) is 15.6. The van der Waals surface area contributed by atoms with Gasteiger partial charge in [-0.05, 0) is 26.0 Å². The summed E-state index contributed by atoms with van der Waals surface area (Å²) >= 11 is 5.13. The third kappa shape index (κ3) is 3.28. The van der Waals surface area contributed by atoms with E-state index < -0.39 is 5.91 Å². The normalized spacial score (nSPS) is 10.8. The van der Waals surface area contributed by atoms with Crippen molar-refractivity contribution >= 4 is 39.8 Å². The van der Waals surface area contributed by atoms with Crippen molar-refractivity contribution in [3.05, 3.63) is 35.9 Å². The number of carbonyl (C=O) groups excluding carboxylic acids is 1. The predicted octanol–water partition coefficient (Wildman–Crippen LogP) is 1.57. The summed E-state index contributed by atoms with van der Waals surface area (Å²) in [7, 11) is 0. The molecule has 1 amide bonds. The lowest BCUT2D eigenvalue weighted by atomic mass is 10.1. The van der Waals surface area contributed by atoms with Crippen molar-refractivity contribution in [3.8, 4) is 0 Å². The Labute approximate surface area is 128 Å². The van der Waals surface area contributed by atoms with Crippen LogP contribution in [0.2, 0.25) is 0 Å². The molecule has 5 nitrogen and oxygen atoms in total. The van der Waals surface area contributed by atoms with Gasteiger partial charge in [0.2, 0.25) is 5.91 Å². The fourth-order valence-corrected chi connectivity index (χ4v) is 2.38. The molecular formula is C15H18N4OS. The number of nitrogens with zero attached hydrogens (tertiary/aromatic N) is 2. The lowest BCUT2D eigenvalue weighted by Gasteiger charge is -2.27. The topological polar surface area (TPSA) is 85.2 Å². The van der Waals surface area contributed by atoms with Gasteiger partial charge in [0.05, 0.1) is 12.1 Å². The summed E-state index contributed by atoms with van der Waals surface area (Å²) in [6.45, 7) is 4.04. The first-order valence-corrected chi connectivity index (χ1v) is 7.05. The van der Waals surface area contributed by atoms with Crippen LogP contribution in [0.4, 0.5) is 5.82 Å². The number of amides is 1. The Bertz CT molecular complexity index is 699. The molecule has 0 fully saturated rings. The summed E-state index contributed by atoms with van der Waals surface area (Å²) in [6, 6.07) is 9.52. The van der Waals surface area contributed by atoms with Crippen LogP contribution < -0.4 is 16.4 Å². The molecule has 0 aliphatic rings. The highest BCUT2D eigenvalue weighted by Gasteiger charge is 2.17. The van der Waals surface area contributed by atoms with Crippen molar-refractivity contribution in [1.82, 2.24) is 4.98 Å². The van der Waals surface area contributed by atoms with Gasteiger partial charge in [0.15, 0.2) is 0 Å². The predicted molar refractivity (Wildman–Crippen MR) is 89.3 cm³/mol. The molecule has 0 aliphatic carbocycles. The van der Waals surface area contributed by atoms with E-state index in [9.17, 15) is 4.79 Å². The zero-order valence-corrected chi connectivity index (χ0v) is 12.9. The smallest absolute Gasteiger partial charge is 0.237 e. The van der Waals surface area contributed by atoms with Gasteiger partial charge < -0.3 is 16.4 Å². The Morgan fingerprint density at radius 2 is 2.00 bits per heavy atom. The Morgan fingerprint density at radius 1 is 1.33 bits per heavy atom. The molecule has 4 N–H and O–H groups in total. The summed E-state index contributed by atoms with van der Waals surface area (Å²) in [6.07, 6.45) is 0. The quantitative estimate of drug-likeness (QED) is 0.819. The number of thiocarbonyl (C=S) groups is 1. The van der Waals surface area contributed by atoms with Crippen LogP contribution in [0.25, 0.3) is 10.9 Å². The third-order valence-corrected chi connectivity index (χ3v) is 3.43. The van der Waals surface area contributed by atoms with Crippen LogP contribution in [0.5, 0.6) is 0 Å². The van der Waals surface area contributed by atoms with Crippen LogP contribution in [-0.4, -0.2) is 28.5 Å². The number of hydrogen-bond acceptors (Lipinski definition) is 4. The summed E-state index contributed by atoms with van der Waals surface area (Å²) in [5.74, 6) is 0.237. The van der Waals surface area contributed by atoms with Crippen LogP contribution in [0, 0.1) is 0 Å². The number of hydrogen-bond donors (Lipinski definition) is 2. The van der Waals surface area contributed by atoms with Crippen molar-refractivity contribution < 1.29 is 4.79 Å². The molecule has 2 aromatic rings. The minimum Gasteiger partial charge on any atom is -0.389 e. The first-order valence-electron chi connectivity index (χ1n) is 6.64. The molecule has 1 heterocycles. The van der Waals surface area contributed by atoms with E-state index in [2.05, 4.69) is 4.98 Å². The van der Waals surface area contributed by atoms with Crippen LogP contribution in [-0.2, 0) is 4.79 Å². The number of rotatable bonds is 5. The van der Waals surface area contributed by atoms with E-state index in [1.807, 2.05) is 49.1 Å². The van der Waals surface area contributed by atoms with Gasteiger partial charge in [0.25, 0.3) is 0 Å². The average Bonchev–Trinajstić information content (AvgIpc) is 2.42. The second-order valence-corrected chi connectivity index (χ2v) is 5.54. The maximum atomic E-state index is 11.3. The molecule has 1 aromatic heterocycles. The number of carbonyl (C=O) groups is 1. The average molecular weight is 302 g/mol. The molecular weight excluding hydrogens is 284 g/mol. The lowest BCUT2D eigenvalue weighted by molar-refractivity contribution is -0.116. The number of para-hydroxylation sites is 1. The van der Waals surface area contributed by atoms with Gasteiger partial charge in [0.1, 0.15) is 10.8 Å². The molecule has 110 valence electrons. The van der Waals surface area contributed by atoms with Crippen molar-refractivity contribution in [2.45, 2.75) is 19.9 Å². The van der Waals surface area contributed by atoms with Gasteiger partial charge >= 0.3 is 0 Å². The van der Waals surface area contributed by atoms with E-state index in [0.29, 0.717) is 10.8 Å². The van der Waals surface area contributed by atoms with E-state index in [0.717, 1.165) is 16.5 Å². The minimum atomic E-state index is -0.407. The number of primary amides is 1. The monoisotopic (exact) mass is 302 g/mol. The van der Waals surface area contributed by atoms with E-state index in [-0.39, 0.29) is 12.6 Å². The molecule has 21 heavy (non-hydrogen) atoms. The number of nitrogens with two attached hydrogens (primary N) is 2. The Hall–Kier alpha value is -2.21. The maximum Gasteiger partial charge on any atom is 0.237 e. The second kappa shape index (κ2) is 6.05. The zero-order valence-electron chi connectivity index (χ0n) is 12.0. The molecule has 1 aromatic carbocycles. The highest BCUT2D eigenvalue weighted by atomic mass is 32.1.